The Balaban J connectivity index is 1.91. The van der Waals surface area contributed by atoms with Crippen LogP contribution in [-0.4, -0.2) is 48.6 Å². The van der Waals surface area contributed by atoms with Crippen molar-refractivity contribution in [3.8, 4) is 0 Å². The monoisotopic (exact) mass is 368 g/mol. The van der Waals surface area contributed by atoms with Crippen molar-refractivity contribution in [2.24, 2.45) is 0 Å². The Labute approximate surface area is 149 Å². The van der Waals surface area contributed by atoms with E-state index in [-0.39, 0.29) is 0 Å². The molecule has 5 nitrogen and oxygen atoms in total. The maximum Gasteiger partial charge on any atom is 0.340 e. The lowest BCUT2D eigenvalue weighted by molar-refractivity contribution is -0.149. The minimum Gasteiger partial charge on any atom is -0.467 e. The molecular formula is C17H25N2O3PS. The number of carbonyl (C=O) groups is 1. The van der Waals surface area contributed by atoms with E-state index in [2.05, 4.69) is 9.34 Å². The van der Waals surface area contributed by atoms with Crippen LogP contribution in [0.3, 0.4) is 0 Å². The second-order valence-electron chi connectivity index (χ2n) is 6.48. The maximum atomic E-state index is 12.4. The van der Waals surface area contributed by atoms with Gasteiger partial charge in [0, 0.05) is 12.1 Å². The molecule has 1 aliphatic carbocycles. The molecule has 132 valence electrons. The molecule has 0 amide bonds. The van der Waals surface area contributed by atoms with Crippen LogP contribution in [0, 0.1) is 0 Å². The highest BCUT2D eigenvalue weighted by atomic mass is 32.5. The van der Waals surface area contributed by atoms with Gasteiger partial charge in [-0.25, -0.2) is 14.1 Å². The number of hydrogen-bond donors (Lipinski definition) is 0. The minimum absolute atomic E-state index is 0.401. The minimum atomic E-state index is -2.45. The topological polar surface area (TPSA) is 42.0 Å². The summed E-state index contributed by atoms with van der Waals surface area (Å²) in [5.74, 6) is -0.401. The van der Waals surface area contributed by atoms with Crippen LogP contribution in [0.1, 0.15) is 37.4 Å². The number of fused-ring (bicyclic) bond motifs is 1. The van der Waals surface area contributed by atoms with E-state index in [0.29, 0.717) is 12.1 Å². The SMILES string of the molecule is COC(=O)[C@@H](OP1(=S)N(C)[C@@H]2CCCC[C@H]2N1C)c1ccccc1. The van der Waals surface area contributed by atoms with Gasteiger partial charge in [0.1, 0.15) is 0 Å². The van der Waals surface area contributed by atoms with Gasteiger partial charge in [0.05, 0.1) is 7.11 Å². The molecule has 2 aliphatic rings. The Morgan fingerprint density at radius 3 is 2.21 bits per heavy atom. The molecule has 0 N–H and O–H groups in total. The maximum absolute atomic E-state index is 12.4. The van der Waals surface area contributed by atoms with Gasteiger partial charge in [0.25, 0.3) is 0 Å². The van der Waals surface area contributed by atoms with Gasteiger partial charge in [-0.1, -0.05) is 43.2 Å². The summed E-state index contributed by atoms with van der Waals surface area (Å²) in [6.45, 7) is -2.45. The van der Waals surface area contributed by atoms with E-state index >= 15 is 0 Å². The van der Waals surface area contributed by atoms with Crippen LogP contribution in [-0.2, 0) is 25.9 Å². The van der Waals surface area contributed by atoms with E-state index in [4.69, 9.17) is 21.1 Å². The highest BCUT2D eigenvalue weighted by molar-refractivity contribution is 8.10. The van der Waals surface area contributed by atoms with Gasteiger partial charge < -0.3 is 9.26 Å². The average Bonchev–Trinajstić information content (AvgIpc) is 2.82. The number of benzene rings is 1. The van der Waals surface area contributed by atoms with E-state index in [0.717, 1.165) is 18.4 Å². The average molecular weight is 368 g/mol. The zero-order valence-corrected chi connectivity index (χ0v) is 16.1. The molecule has 3 atom stereocenters. The standard InChI is InChI=1S/C17H25N2O3PS/c1-18-14-11-7-8-12-15(14)19(2)23(18,24)22-16(17(20)21-3)13-9-5-4-6-10-13/h4-6,9-10,14-16H,7-8,11-12H2,1-3H3/t14-,15-,16+/m1/s1. The molecule has 0 aromatic heterocycles. The smallest absolute Gasteiger partial charge is 0.340 e. The van der Waals surface area contributed by atoms with Crippen molar-refractivity contribution >= 4 is 24.3 Å². The van der Waals surface area contributed by atoms with Crippen molar-refractivity contribution in [3.63, 3.8) is 0 Å². The zero-order chi connectivity index (χ0) is 17.3. The van der Waals surface area contributed by atoms with Crippen molar-refractivity contribution in [2.75, 3.05) is 21.2 Å². The van der Waals surface area contributed by atoms with Crippen molar-refractivity contribution in [1.82, 2.24) is 9.34 Å². The Kier molecular flexibility index (Phi) is 5.42. The van der Waals surface area contributed by atoms with Gasteiger partial charge >= 0.3 is 5.97 Å². The number of nitrogens with zero attached hydrogens (tertiary/aromatic N) is 2. The quantitative estimate of drug-likeness (QED) is 0.600. The van der Waals surface area contributed by atoms with Crippen LogP contribution in [0.25, 0.3) is 0 Å². The number of likely N-dealkylation sites (N-methyl/N-ethyl adjacent to an activating group) is 2. The lowest BCUT2D eigenvalue weighted by Gasteiger charge is -2.33. The summed E-state index contributed by atoms with van der Waals surface area (Å²) in [6.07, 6.45) is 3.96. The summed E-state index contributed by atoms with van der Waals surface area (Å²) in [7, 11) is 5.48. The van der Waals surface area contributed by atoms with E-state index in [9.17, 15) is 4.79 Å². The summed E-state index contributed by atoms with van der Waals surface area (Å²) in [4.78, 5) is 12.4. The number of esters is 1. The molecule has 1 saturated heterocycles. The van der Waals surface area contributed by atoms with Crippen molar-refractivity contribution in [3.05, 3.63) is 35.9 Å². The van der Waals surface area contributed by atoms with Crippen LogP contribution in [0.4, 0.5) is 0 Å². The molecule has 2 fully saturated rings. The Hall–Kier alpha value is -0.780. The second-order valence-corrected chi connectivity index (χ2v) is 10.4. The highest BCUT2D eigenvalue weighted by Crippen LogP contribution is 2.64. The van der Waals surface area contributed by atoms with Gasteiger partial charge in [0.2, 0.25) is 6.57 Å². The number of carbonyl (C=O) groups excluding carboxylic acids is 1. The summed E-state index contributed by atoms with van der Waals surface area (Å²) >= 11 is 6.00. The Morgan fingerprint density at radius 2 is 1.71 bits per heavy atom. The normalized spacial score (nSPS) is 28.3. The van der Waals surface area contributed by atoms with Gasteiger partial charge in [-0.15, -0.1) is 0 Å². The summed E-state index contributed by atoms with van der Waals surface area (Å²) in [6, 6.07) is 10.3. The first-order chi connectivity index (χ1) is 11.5. The van der Waals surface area contributed by atoms with E-state index in [1.165, 1.54) is 20.0 Å². The van der Waals surface area contributed by atoms with Crippen molar-refractivity contribution < 1.29 is 14.1 Å². The lowest BCUT2D eigenvalue weighted by atomic mass is 9.91. The predicted octanol–water partition coefficient (Wildman–Crippen LogP) is 3.33. The molecule has 0 radical (unpaired) electrons. The predicted molar refractivity (Wildman–Crippen MR) is 98.1 cm³/mol. The fourth-order valence-corrected chi connectivity index (χ4v) is 7.32. The van der Waals surface area contributed by atoms with Crippen LogP contribution < -0.4 is 0 Å². The molecule has 0 spiro atoms. The molecule has 0 unspecified atom stereocenters. The molecule has 0 bridgehead atoms. The fourth-order valence-electron chi connectivity index (χ4n) is 3.82. The first kappa shape index (κ1) is 18.0. The first-order valence-electron chi connectivity index (χ1n) is 8.37. The van der Waals surface area contributed by atoms with Crippen LogP contribution in [0.2, 0.25) is 0 Å². The molecule has 7 heteroatoms. The van der Waals surface area contributed by atoms with Gasteiger partial charge in [-0.2, -0.15) is 0 Å². The summed E-state index contributed by atoms with van der Waals surface area (Å²) in [5.41, 5.74) is 0.783. The third-order valence-electron chi connectivity index (χ3n) is 5.21. The molecule has 24 heavy (non-hydrogen) atoms. The van der Waals surface area contributed by atoms with Gasteiger partial charge in [0.15, 0.2) is 6.10 Å². The van der Waals surface area contributed by atoms with E-state index in [1.54, 1.807) is 0 Å². The van der Waals surface area contributed by atoms with Gasteiger partial charge in [-0.3, -0.25) is 0 Å². The lowest BCUT2D eigenvalue weighted by Crippen LogP contribution is -2.37. The van der Waals surface area contributed by atoms with E-state index in [1.807, 2.05) is 44.4 Å². The van der Waals surface area contributed by atoms with Crippen molar-refractivity contribution in [1.29, 1.82) is 0 Å². The molecule has 1 saturated carbocycles. The largest absolute Gasteiger partial charge is 0.467 e. The number of methoxy groups -OCH3 is 1. The zero-order valence-electron chi connectivity index (χ0n) is 14.4. The molecule has 1 aromatic rings. The summed E-state index contributed by atoms with van der Waals surface area (Å²) < 4.78 is 15.8. The molecule has 1 aliphatic heterocycles. The van der Waals surface area contributed by atoms with Crippen LogP contribution >= 0.6 is 6.57 Å². The highest BCUT2D eigenvalue weighted by Gasteiger charge is 2.51. The molecule has 3 rings (SSSR count). The number of rotatable bonds is 4. The third-order valence-corrected chi connectivity index (χ3v) is 9.69. The van der Waals surface area contributed by atoms with Gasteiger partial charge in [-0.05, 0) is 44.3 Å². The van der Waals surface area contributed by atoms with E-state index < -0.39 is 18.6 Å². The number of ether oxygens (including phenoxy) is 1. The Morgan fingerprint density at radius 1 is 1.17 bits per heavy atom. The number of hydrogen-bond acceptors (Lipinski definition) is 4. The van der Waals surface area contributed by atoms with Crippen molar-refractivity contribution in [2.45, 2.75) is 43.9 Å². The Bertz CT molecular complexity index is 620. The molecule has 1 heterocycles. The fraction of sp³-hybridized carbons (Fsp3) is 0.588. The molecule has 1 aromatic carbocycles. The third kappa shape index (κ3) is 3.06. The summed E-state index contributed by atoms with van der Waals surface area (Å²) in [5, 5.41) is 0. The first-order valence-corrected chi connectivity index (χ1v) is 11.0. The van der Waals surface area contributed by atoms with Crippen LogP contribution in [0.5, 0.6) is 0 Å². The second kappa shape index (κ2) is 7.22. The molecular weight excluding hydrogens is 343 g/mol. The van der Waals surface area contributed by atoms with Crippen LogP contribution in [0.15, 0.2) is 30.3 Å².